The van der Waals surface area contributed by atoms with Crippen molar-refractivity contribution in [2.45, 2.75) is 11.8 Å². The Labute approximate surface area is 132 Å². The Morgan fingerprint density at radius 1 is 1.19 bits per heavy atom. The highest BCUT2D eigenvalue weighted by Gasteiger charge is 2.24. The molecule has 8 heteroatoms. The maximum atomic E-state index is 12.5. The molecule has 0 amide bonds. The van der Waals surface area contributed by atoms with E-state index in [2.05, 4.69) is 5.32 Å². The SMILES string of the molecule is CNCCN(C)S(=O)(=O)c1cc(OC)c(OC)cc1C.Cl. The molecule has 122 valence electrons. The minimum absolute atomic E-state index is 0. The largest absolute Gasteiger partial charge is 0.493 e. The van der Waals surface area contributed by atoms with E-state index >= 15 is 0 Å². The maximum absolute atomic E-state index is 12.5. The third-order valence-electron chi connectivity index (χ3n) is 3.05. The molecule has 0 aromatic heterocycles. The molecule has 0 heterocycles. The Kier molecular flexibility index (Phi) is 8.02. The van der Waals surface area contributed by atoms with Crippen molar-refractivity contribution in [1.82, 2.24) is 9.62 Å². The van der Waals surface area contributed by atoms with Crippen LogP contribution in [0.5, 0.6) is 11.5 Å². The molecule has 0 atom stereocenters. The van der Waals surface area contributed by atoms with Gasteiger partial charge in [-0.15, -0.1) is 12.4 Å². The third kappa shape index (κ3) is 4.47. The molecule has 0 radical (unpaired) electrons. The van der Waals surface area contributed by atoms with Crippen molar-refractivity contribution in [3.05, 3.63) is 17.7 Å². The van der Waals surface area contributed by atoms with Gasteiger partial charge in [-0.05, 0) is 25.6 Å². The highest BCUT2D eigenvalue weighted by Crippen LogP contribution is 2.33. The summed E-state index contributed by atoms with van der Waals surface area (Å²) in [7, 11) is 2.80. The molecule has 0 unspecified atom stereocenters. The van der Waals surface area contributed by atoms with Crippen LogP contribution in [0, 0.1) is 6.92 Å². The molecule has 0 aliphatic carbocycles. The number of hydrogen-bond acceptors (Lipinski definition) is 5. The zero-order chi connectivity index (χ0) is 15.3. The number of nitrogens with one attached hydrogen (secondary N) is 1. The van der Waals surface area contributed by atoms with Crippen LogP contribution in [0.2, 0.25) is 0 Å². The maximum Gasteiger partial charge on any atom is 0.243 e. The summed E-state index contributed by atoms with van der Waals surface area (Å²) in [6.07, 6.45) is 0. The number of aryl methyl sites for hydroxylation is 1. The summed E-state index contributed by atoms with van der Waals surface area (Å²) in [6.45, 7) is 2.72. The van der Waals surface area contributed by atoms with Gasteiger partial charge in [0.15, 0.2) is 11.5 Å². The van der Waals surface area contributed by atoms with Crippen molar-refractivity contribution in [3.8, 4) is 11.5 Å². The quantitative estimate of drug-likeness (QED) is 0.811. The molecule has 0 bridgehead atoms. The van der Waals surface area contributed by atoms with E-state index in [9.17, 15) is 8.42 Å². The Balaban J connectivity index is 0.00000400. The van der Waals surface area contributed by atoms with Gasteiger partial charge in [-0.2, -0.15) is 4.31 Å². The fourth-order valence-electron chi connectivity index (χ4n) is 1.80. The first-order chi connectivity index (χ1) is 9.38. The van der Waals surface area contributed by atoms with E-state index < -0.39 is 10.0 Å². The van der Waals surface area contributed by atoms with Crippen molar-refractivity contribution in [3.63, 3.8) is 0 Å². The Bertz CT molecular complexity index is 564. The molecule has 6 nitrogen and oxygen atoms in total. The van der Waals surface area contributed by atoms with Crippen LogP contribution in [0.4, 0.5) is 0 Å². The predicted octanol–water partition coefficient (Wildman–Crippen LogP) is 1.27. The van der Waals surface area contributed by atoms with Crippen LogP contribution >= 0.6 is 12.4 Å². The smallest absolute Gasteiger partial charge is 0.243 e. The van der Waals surface area contributed by atoms with Crippen LogP contribution in [-0.4, -0.2) is 54.1 Å². The highest BCUT2D eigenvalue weighted by atomic mass is 35.5. The van der Waals surface area contributed by atoms with E-state index in [0.29, 0.717) is 30.2 Å². The van der Waals surface area contributed by atoms with Gasteiger partial charge < -0.3 is 14.8 Å². The highest BCUT2D eigenvalue weighted by molar-refractivity contribution is 7.89. The van der Waals surface area contributed by atoms with Gasteiger partial charge in [0, 0.05) is 26.2 Å². The number of rotatable bonds is 7. The van der Waals surface area contributed by atoms with Gasteiger partial charge >= 0.3 is 0 Å². The molecule has 0 aliphatic heterocycles. The Morgan fingerprint density at radius 3 is 2.19 bits per heavy atom. The van der Waals surface area contributed by atoms with Crippen LogP contribution in [0.3, 0.4) is 0 Å². The molecule has 1 N–H and O–H groups in total. The molecule has 0 saturated carbocycles. The van der Waals surface area contributed by atoms with Crippen molar-refractivity contribution >= 4 is 22.4 Å². The molecule has 0 saturated heterocycles. The minimum Gasteiger partial charge on any atom is -0.493 e. The van der Waals surface area contributed by atoms with Crippen molar-refractivity contribution < 1.29 is 17.9 Å². The van der Waals surface area contributed by atoms with Gasteiger partial charge in [-0.1, -0.05) is 0 Å². The summed E-state index contributed by atoms with van der Waals surface area (Å²) < 4.78 is 36.7. The fourth-order valence-corrected chi connectivity index (χ4v) is 3.19. The van der Waals surface area contributed by atoms with Gasteiger partial charge in [0.2, 0.25) is 10.0 Å². The lowest BCUT2D eigenvalue weighted by atomic mass is 10.2. The zero-order valence-electron chi connectivity index (χ0n) is 13.0. The lowest BCUT2D eigenvalue weighted by Gasteiger charge is -2.19. The van der Waals surface area contributed by atoms with Gasteiger partial charge in [0.25, 0.3) is 0 Å². The molecular formula is C13H23ClN2O4S. The van der Waals surface area contributed by atoms with Gasteiger partial charge in [0.05, 0.1) is 19.1 Å². The molecule has 1 aromatic rings. The van der Waals surface area contributed by atoms with Gasteiger partial charge in [0.1, 0.15) is 0 Å². The number of ether oxygens (including phenoxy) is 2. The molecule has 0 aliphatic rings. The Morgan fingerprint density at radius 2 is 1.71 bits per heavy atom. The first-order valence-electron chi connectivity index (χ1n) is 6.22. The molecule has 0 spiro atoms. The number of halogens is 1. The van der Waals surface area contributed by atoms with E-state index in [1.54, 1.807) is 27.1 Å². The van der Waals surface area contributed by atoms with E-state index in [4.69, 9.17) is 9.47 Å². The summed E-state index contributed by atoms with van der Waals surface area (Å²) in [5.74, 6) is 0.917. The molecule has 21 heavy (non-hydrogen) atoms. The van der Waals surface area contributed by atoms with Crippen LogP contribution < -0.4 is 14.8 Å². The first kappa shape index (κ1) is 20.0. The van der Waals surface area contributed by atoms with E-state index in [-0.39, 0.29) is 17.3 Å². The zero-order valence-corrected chi connectivity index (χ0v) is 14.6. The van der Waals surface area contributed by atoms with Crippen molar-refractivity contribution in [1.29, 1.82) is 0 Å². The second-order valence-electron chi connectivity index (χ2n) is 4.40. The second-order valence-corrected chi connectivity index (χ2v) is 6.42. The number of benzene rings is 1. The normalized spacial score (nSPS) is 11.1. The summed E-state index contributed by atoms with van der Waals surface area (Å²) in [4.78, 5) is 0.230. The van der Waals surface area contributed by atoms with Crippen molar-refractivity contribution in [2.24, 2.45) is 0 Å². The average molecular weight is 339 g/mol. The monoisotopic (exact) mass is 338 g/mol. The summed E-state index contributed by atoms with van der Waals surface area (Å²) in [5.41, 5.74) is 0.624. The second kappa shape index (κ2) is 8.43. The van der Waals surface area contributed by atoms with Crippen LogP contribution in [0.1, 0.15) is 5.56 Å². The predicted molar refractivity (Wildman–Crippen MR) is 85.3 cm³/mol. The summed E-state index contributed by atoms with van der Waals surface area (Å²) in [6, 6.07) is 3.16. The number of sulfonamides is 1. The lowest BCUT2D eigenvalue weighted by Crippen LogP contribution is -2.33. The number of methoxy groups -OCH3 is 2. The molecule has 1 aromatic carbocycles. The number of nitrogens with zero attached hydrogens (tertiary/aromatic N) is 1. The minimum atomic E-state index is -3.54. The van der Waals surface area contributed by atoms with Gasteiger partial charge in [-0.25, -0.2) is 8.42 Å². The summed E-state index contributed by atoms with van der Waals surface area (Å²) in [5, 5.41) is 2.93. The van der Waals surface area contributed by atoms with Crippen LogP contribution in [0.25, 0.3) is 0 Å². The Hall–Kier alpha value is -1.02. The third-order valence-corrected chi connectivity index (χ3v) is 5.04. The standard InChI is InChI=1S/C13H22N2O4S.ClH/c1-10-8-11(18-4)12(19-5)9-13(10)20(16,17)15(3)7-6-14-2;/h8-9,14H,6-7H2,1-5H3;1H. The molecular weight excluding hydrogens is 316 g/mol. The number of likely N-dealkylation sites (N-methyl/N-ethyl adjacent to an activating group) is 2. The topological polar surface area (TPSA) is 67.9 Å². The molecule has 0 fully saturated rings. The van der Waals surface area contributed by atoms with Crippen LogP contribution in [-0.2, 0) is 10.0 Å². The lowest BCUT2D eigenvalue weighted by molar-refractivity contribution is 0.353. The van der Waals surface area contributed by atoms with E-state index in [0.717, 1.165) is 0 Å². The first-order valence-corrected chi connectivity index (χ1v) is 7.66. The van der Waals surface area contributed by atoms with E-state index in [1.165, 1.54) is 24.6 Å². The molecule has 1 rings (SSSR count). The average Bonchev–Trinajstić information content (AvgIpc) is 2.43. The van der Waals surface area contributed by atoms with Gasteiger partial charge in [-0.3, -0.25) is 0 Å². The van der Waals surface area contributed by atoms with Crippen molar-refractivity contribution in [2.75, 3.05) is 41.4 Å². The van der Waals surface area contributed by atoms with E-state index in [1.807, 2.05) is 0 Å². The number of hydrogen-bond donors (Lipinski definition) is 1. The fraction of sp³-hybridized carbons (Fsp3) is 0.538. The summed E-state index contributed by atoms with van der Waals surface area (Å²) >= 11 is 0. The van der Waals surface area contributed by atoms with Crippen LogP contribution in [0.15, 0.2) is 17.0 Å².